The molecule has 1 unspecified atom stereocenters. The van der Waals surface area contributed by atoms with Crippen LogP contribution in [0.15, 0.2) is 60.7 Å². The predicted octanol–water partition coefficient (Wildman–Crippen LogP) is 4.34. The Labute approximate surface area is 282 Å². The number of imide groups is 1. The van der Waals surface area contributed by atoms with Crippen molar-refractivity contribution in [2.24, 2.45) is 0 Å². The number of carbonyl (C=O) groups is 3. The number of anilines is 1. The Hall–Kier alpha value is -4.33. The second-order valence-corrected chi connectivity index (χ2v) is 13.1. The van der Waals surface area contributed by atoms with Crippen LogP contribution in [0.5, 0.6) is 5.88 Å². The van der Waals surface area contributed by atoms with Crippen molar-refractivity contribution in [2.75, 3.05) is 31.1 Å². The second-order valence-electron chi connectivity index (χ2n) is 13.1. The molecule has 6 rings (SSSR count). The fourth-order valence-corrected chi connectivity index (χ4v) is 6.77. The van der Waals surface area contributed by atoms with Crippen LogP contribution in [0.2, 0.25) is 0 Å². The van der Waals surface area contributed by atoms with E-state index in [1.807, 2.05) is 6.07 Å². The van der Waals surface area contributed by atoms with Crippen LogP contribution in [-0.2, 0) is 34.5 Å². The van der Waals surface area contributed by atoms with Crippen molar-refractivity contribution in [1.82, 2.24) is 20.5 Å². The number of halogens is 3. The van der Waals surface area contributed by atoms with E-state index in [-0.39, 0.29) is 36.8 Å². The molecule has 3 aliphatic heterocycles. The van der Waals surface area contributed by atoms with Gasteiger partial charge in [0.05, 0.1) is 11.6 Å². The van der Waals surface area contributed by atoms with Gasteiger partial charge in [-0.3, -0.25) is 24.6 Å². The van der Waals surface area contributed by atoms with Crippen molar-refractivity contribution in [3.63, 3.8) is 0 Å². The molecule has 1 aromatic heterocycles. The van der Waals surface area contributed by atoms with E-state index in [0.29, 0.717) is 56.3 Å². The summed E-state index contributed by atoms with van der Waals surface area (Å²) < 4.78 is 44.8. The number of nitrogens with one attached hydrogen (secondary N) is 2. The molecule has 0 bridgehead atoms. The van der Waals surface area contributed by atoms with Gasteiger partial charge < -0.3 is 20.1 Å². The van der Waals surface area contributed by atoms with Gasteiger partial charge in [0.2, 0.25) is 17.7 Å². The first kappa shape index (κ1) is 34.5. The molecule has 3 fully saturated rings. The molecule has 49 heavy (non-hydrogen) atoms. The summed E-state index contributed by atoms with van der Waals surface area (Å²) in [7, 11) is 0. The standard InChI is InChI=1S/C36H40F3N5O5/c37-36(38,39)31-2-1-3-33(41-31)49-29-12-16-44(17-13-29)28-8-4-24(5-9-28)22-43-18-14-35(48,15-19-43)27-7-6-25(23-45)26(20-27)21-40-30-10-11-32(46)42-34(30)47/h1-9,20,23,29-30,40,48H,10-19,21-22H2,(H,42,46,47). The summed E-state index contributed by atoms with van der Waals surface area (Å²) in [6, 6.07) is 16.9. The molecule has 1 atom stereocenters. The van der Waals surface area contributed by atoms with Crippen molar-refractivity contribution < 1.29 is 37.4 Å². The smallest absolute Gasteiger partial charge is 0.433 e. The van der Waals surface area contributed by atoms with Crippen LogP contribution in [0.25, 0.3) is 0 Å². The molecule has 3 aromatic rings. The quantitative estimate of drug-likeness (QED) is 0.212. The van der Waals surface area contributed by atoms with E-state index in [0.717, 1.165) is 48.8 Å². The summed E-state index contributed by atoms with van der Waals surface area (Å²) in [6.07, 6.45) is -0.895. The first-order chi connectivity index (χ1) is 23.5. The van der Waals surface area contributed by atoms with Crippen molar-refractivity contribution in [3.05, 3.63) is 88.6 Å². The van der Waals surface area contributed by atoms with E-state index < -0.39 is 23.5 Å². The monoisotopic (exact) mass is 679 g/mol. The lowest BCUT2D eigenvalue weighted by atomic mass is 9.83. The number of aliphatic hydroxyl groups is 1. The van der Waals surface area contributed by atoms with Gasteiger partial charge in [-0.2, -0.15) is 13.2 Å². The molecule has 3 saturated heterocycles. The number of benzene rings is 2. The summed E-state index contributed by atoms with van der Waals surface area (Å²) >= 11 is 0. The number of carbonyl (C=O) groups excluding carboxylic acids is 3. The molecule has 2 aromatic carbocycles. The average Bonchev–Trinajstić information content (AvgIpc) is 3.09. The van der Waals surface area contributed by atoms with E-state index in [4.69, 9.17) is 4.74 Å². The molecule has 3 aliphatic rings. The van der Waals surface area contributed by atoms with Gasteiger partial charge in [0, 0.05) is 75.8 Å². The lowest BCUT2D eigenvalue weighted by Gasteiger charge is -2.39. The summed E-state index contributed by atoms with van der Waals surface area (Å²) in [5, 5.41) is 17.1. The second kappa shape index (κ2) is 14.7. The highest BCUT2D eigenvalue weighted by Crippen LogP contribution is 2.35. The molecule has 3 N–H and O–H groups in total. The Bertz CT molecular complexity index is 1650. The SMILES string of the molecule is O=Cc1ccc(C2(O)CCN(Cc3ccc(N4CCC(Oc5cccc(C(F)(F)F)n5)CC4)cc3)CC2)cc1CNC1CCC(=O)NC1=O. The third kappa shape index (κ3) is 8.46. The molecule has 0 spiro atoms. The molecule has 0 saturated carbocycles. The van der Waals surface area contributed by atoms with Crippen LogP contribution >= 0.6 is 0 Å². The Morgan fingerprint density at radius 2 is 1.73 bits per heavy atom. The van der Waals surface area contributed by atoms with Crippen LogP contribution in [0.1, 0.15) is 71.3 Å². The third-order valence-electron chi connectivity index (χ3n) is 9.72. The van der Waals surface area contributed by atoms with Crippen molar-refractivity contribution in [1.29, 1.82) is 0 Å². The van der Waals surface area contributed by atoms with Crippen LogP contribution in [-0.4, -0.2) is 71.4 Å². The topological polar surface area (TPSA) is 124 Å². The number of hydrogen-bond donors (Lipinski definition) is 3. The molecular weight excluding hydrogens is 639 g/mol. The number of piperidine rings is 3. The van der Waals surface area contributed by atoms with Gasteiger partial charge in [0.15, 0.2) is 0 Å². The van der Waals surface area contributed by atoms with Crippen LogP contribution in [0.4, 0.5) is 18.9 Å². The van der Waals surface area contributed by atoms with Gasteiger partial charge in [0.1, 0.15) is 18.1 Å². The minimum atomic E-state index is -4.51. The van der Waals surface area contributed by atoms with Crippen LogP contribution in [0.3, 0.4) is 0 Å². The van der Waals surface area contributed by atoms with E-state index in [9.17, 15) is 32.7 Å². The zero-order chi connectivity index (χ0) is 34.6. The Morgan fingerprint density at radius 3 is 2.41 bits per heavy atom. The highest BCUT2D eigenvalue weighted by molar-refractivity contribution is 6.00. The minimum Gasteiger partial charge on any atom is -0.474 e. The normalized spacial score (nSPS) is 20.6. The summed E-state index contributed by atoms with van der Waals surface area (Å²) in [5.41, 5.74) is 2.14. The summed E-state index contributed by atoms with van der Waals surface area (Å²) in [4.78, 5) is 43.5. The Morgan fingerprint density at radius 1 is 1.00 bits per heavy atom. The van der Waals surface area contributed by atoms with Gasteiger partial charge in [-0.05, 0) is 54.2 Å². The lowest BCUT2D eigenvalue weighted by Crippen LogP contribution is -2.50. The first-order valence-electron chi connectivity index (χ1n) is 16.6. The number of alkyl halides is 3. The van der Waals surface area contributed by atoms with Gasteiger partial charge in [-0.1, -0.05) is 36.4 Å². The van der Waals surface area contributed by atoms with Gasteiger partial charge in [-0.15, -0.1) is 0 Å². The molecule has 13 heteroatoms. The van der Waals surface area contributed by atoms with Gasteiger partial charge in [0.25, 0.3) is 0 Å². The zero-order valence-corrected chi connectivity index (χ0v) is 27.0. The zero-order valence-electron chi connectivity index (χ0n) is 27.0. The highest BCUT2D eigenvalue weighted by atomic mass is 19.4. The average molecular weight is 680 g/mol. The number of likely N-dealkylation sites (tertiary alicyclic amines) is 1. The van der Waals surface area contributed by atoms with Crippen LogP contribution < -0.4 is 20.3 Å². The summed E-state index contributed by atoms with van der Waals surface area (Å²) in [5.74, 6) is -0.665. The van der Waals surface area contributed by atoms with E-state index in [1.54, 1.807) is 12.1 Å². The van der Waals surface area contributed by atoms with Crippen molar-refractivity contribution in [2.45, 2.75) is 75.5 Å². The van der Waals surface area contributed by atoms with E-state index in [2.05, 4.69) is 49.7 Å². The number of aromatic nitrogens is 1. The molecule has 260 valence electrons. The largest absolute Gasteiger partial charge is 0.474 e. The maximum Gasteiger partial charge on any atom is 0.433 e. The molecule has 10 nitrogen and oxygen atoms in total. The lowest BCUT2D eigenvalue weighted by molar-refractivity contribution is -0.141. The third-order valence-corrected chi connectivity index (χ3v) is 9.72. The van der Waals surface area contributed by atoms with Gasteiger partial charge >= 0.3 is 6.18 Å². The molecular formula is C36H40F3N5O5. The Kier molecular flexibility index (Phi) is 10.3. The number of nitrogens with zero attached hydrogens (tertiary/aromatic N) is 3. The number of hydrogen-bond acceptors (Lipinski definition) is 9. The van der Waals surface area contributed by atoms with Gasteiger partial charge in [-0.25, -0.2) is 4.98 Å². The minimum absolute atomic E-state index is 0.00586. The number of pyridine rings is 1. The van der Waals surface area contributed by atoms with E-state index in [1.165, 1.54) is 12.1 Å². The molecule has 0 radical (unpaired) electrons. The van der Waals surface area contributed by atoms with Crippen molar-refractivity contribution in [3.8, 4) is 5.88 Å². The fourth-order valence-electron chi connectivity index (χ4n) is 6.77. The molecule has 0 aliphatic carbocycles. The fraction of sp³-hybridized carbons (Fsp3) is 0.444. The molecule has 2 amide bonds. The Balaban J connectivity index is 0.981. The highest BCUT2D eigenvalue weighted by Gasteiger charge is 2.35. The number of aldehydes is 1. The van der Waals surface area contributed by atoms with Crippen LogP contribution in [0, 0.1) is 0 Å². The summed E-state index contributed by atoms with van der Waals surface area (Å²) in [6.45, 7) is 3.81. The molecule has 4 heterocycles. The van der Waals surface area contributed by atoms with E-state index >= 15 is 0 Å². The maximum absolute atomic E-state index is 13.0. The number of rotatable bonds is 10. The maximum atomic E-state index is 13.0. The number of amides is 2. The number of ether oxygens (including phenoxy) is 1. The van der Waals surface area contributed by atoms with Crippen molar-refractivity contribution >= 4 is 23.8 Å². The first-order valence-corrected chi connectivity index (χ1v) is 16.6. The predicted molar refractivity (Wildman–Crippen MR) is 175 cm³/mol.